The maximum atomic E-state index is 12.8. The number of halogens is 3. The minimum absolute atomic E-state index is 0.108. The van der Waals surface area contributed by atoms with Crippen LogP contribution in [0.15, 0.2) is 34.6 Å². The highest BCUT2D eigenvalue weighted by molar-refractivity contribution is 7.07. The van der Waals surface area contributed by atoms with Crippen LogP contribution in [0.4, 0.5) is 13.2 Å². The van der Waals surface area contributed by atoms with Gasteiger partial charge in [-0.3, -0.25) is 9.79 Å². The molecule has 2 aromatic rings. The number of nitrogens with one attached hydrogen (secondary N) is 1. The van der Waals surface area contributed by atoms with Gasteiger partial charge in [0.2, 0.25) is 0 Å². The predicted octanol–water partition coefficient (Wildman–Crippen LogP) is 5.70. The van der Waals surface area contributed by atoms with E-state index in [2.05, 4.69) is 15.3 Å². The summed E-state index contributed by atoms with van der Waals surface area (Å²) >= 11 is 1.67. The number of nitrogens with zero attached hydrogens (tertiary/aromatic N) is 2. The summed E-state index contributed by atoms with van der Waals surface area (Å²) in [5.41, 5.74) is 0.622. The minimum Gasteiger partial charge on any atom is -0.346 e. The van der Waals surface area contributed by atoms with Gasteiger partial charge in [-0.2, -0.15) is 13.2 Å². The molecule has 0 saturated heterocycles. The molecular weight excluding hydrogens is 447 g/mol. The van der Waals surface area contributed by atoms with Crippen molar-refractivity contribution in [2.24, 2.45) is 22.7 Å². The Morgan fingerprint density at radius 2 is 1.67 bits per heavy atom. The first-order valence-corrected chi connectivity index (χ1v) is 12.9. The number of carbonyl (C=O) groups is 1. The van der Waals surface area contributed by atoms with Gasteiger partial charge >= 0.3 is 6.18 Å². The van der Waals surface area contributed by atoms with Gasteiger partial charge in [0, 0.05) is 22.7 Å². The summed E-state index contributed by atoms with van der Waals surface area (Å²) in [5.74, 6) is 2.17. The molecule has 0 spiro atoms. The summed E-state index contributed by atoms with van der Waals surface area (Å²) in [5, 5.41) is 4.98. The molecule has 176 valence electrons. The van der Waals surface area contributed by atoms with Crippen molar-refractivity contribution < 1.29 is 18.0 Å². The molecule has 33 heavy (non-hydrogen) atoms. The van der Waals surface area contributed by atoms with E-state index in [4.69, 9.17) is 4.99 Å². The second-order valence-corrected chi connectivity index (χ2v) is 11.5. The van der Waals surface area contributed by atoms with Crippen molar-refractivity contribution in [3.05, 3.63) is 51.3 Å². The van der Waals surface area contributed by atoms with Crippen molar-refractivity contribution in [3.8, 4) is 0 Å². The van der Waals surface area contributed by atoms with Crippen molar-refractivity contribution in [1.82, 2.24) is 9.88 Å². The van der Waals surface area contributed by atoms with E-state index in [9.17, 15) is 18.0 Å². The molecule has 5 fully saturated rings. The van der Waals surface area contributed by atoms with Crippen LogP contribution in [-0.4, -0.2) is 16.0 Å². The number of rotatable bonds is 5. The Hall–Kier alpha value is -2.09. The molecule has 1 heterocycles. The second kappa shape index (κ2) is 7.72. The van der Waals surface area contributed by atoms with Gasteiger partial charge in [0.15, 0.2) is 4.80 Å². The van der Waals surface area contributed by atoms with Crippen molar-refractivity contribution >= 4 is 17.2 Å². The van der Waals surface area contributed by atoms with Gasteiger partial charge in [-0.25, -0.2) is 0 Å². The van der Waals surface area contributed by atoms with E-state index in [-0.39, 0.29) is 17.0 Å². The highest BCUT2D eigenvalue weighted by atomic mass is 32.1. The molecule has 1 aromatic heterocycles. The largest absolute Gasteiger partial charge is 0.416 e. The molecule has 0 radical (unpaired) electrons. The monoisotopic (exact) mass is 475 g/mol. The molecule has 5 aliphatic rings. The Morgan fingerprint density at radius 3 is 2.21 bits per heavy atom. The smallest absolute Gasteiger partial charge is 0.346 e. The minimum atomic E-state index is -4.40. The van der Waals surface area contributed by atoms with Gasteiger partial charge in [0.1, 0.15) is 0 Å². The first kappa shape index (κ1) is 21.4. The van der Waals surface area contributed by atoms with Crippen LogP contribution in [0.25, 0.3) is 0 Å². The lowest BCUT2D eigenvalue weighted by molar-refractivity contribution is -0.137. The van der Waals surface area contributed by atoms with Gasteiger partial charge in [-0.1, -0.05) is 0 Å². The number of thiazole rings is 1. The molecule has 5 saturated carbocycles. The summed E-state index contributed by atoms with van der Waals surface area (Å²) in [7, 11) is 0. The quantitative estimate of drug-likeness (QED) is 0.592. The number of hydrogen-bond donors (Lipinski definition) is 1. The number of alkyl halides is 3. The molecule has 4 bridgehead atoms. The van der Waals surface area contributed by atoms with Crippen LogP contribution in [0, 0.1) is 17.8 Å². The van der Waals surface area contributed by atoms with Crippen molar-refractivity contribution in [2.75, 3.05) is 0 Å². The zero-order valence-electron chi connectivity index (χ0n) is 18.4. The van der Waals surface area contributed by atoms with Crippen LogP contribution in [0.5, 0.6) is 0 Å². The first-order chi connectivity index (χ1) is 15.8. The normalized spacial score (nSPS) is 31.2. The fourth-order valence-corrected chi connectivity index (χ4v) is 7.84. The lowest BCUT2D eigenvalue weighted by Gasteiger charge is -2.54. The van der Waals surface area contributed by atoms with Gasteiger partial charge in [0.25, 0.3) is 5.91 Å². The van der Waals surface area contributed by atoms with Crippen molar-refractivity contribution in [2.45, 2.75) is 75.7 Å². The molecule has 1 N–H and O–H groups in total. The van der Waals surface area contributed by atoms with Crippen LogP contribution < -0.4 is 10.1 Å². The number of amides is 1. The molecule has 0 aliphatic heterocycles. The Bertz CT molecular complexity index is 1090. The highest BCUT2D eigenvalue weighted by Gasteiger charge is 2.51. The fourth-order valence-electron chi connectivity index (χ4n) is 6.78. The van der Waals surface area contributed by atoms with Crippen LogP contribution in [-0.2, 0) is 12.7 Å². The fraction of sp³-hybridized carbons (Fsp3) is 0.600. The molecule has 5 aliphatic carbocycles. The van der Waals surface area contributed by atoms with Gasteiger partial charge in [-0.15, -0.1) is 11.3 Å². The van der Waals surface area contributed by atoms with E-state index < -0.39 is 11.7 Å². The van der Waals surface area contributed by atoms with E-state index in [0.717, 1.165) is 53.2 Å². The number of aromatic nitrogens is 1. The highest BCUT2D eigenvalue weighted by Crippen LogP contribution is 2.57. The van der Waals surface area contributed by atoms with Crippen molar-refractivity contribution in [3.63, 3.8) is 0 Å². The molecule has 0 atom stereocenters. The van der Waals surface area contributed by atoms with Crippen LogP contribution in [0.2, 0.25) is 0 Å². The predicted molar refractivity (Wildman–Crippen MR) is 120 cm³/mol. The van der Waals surface area contributed by atoms with Crippen LogP contribution in [0.3, 0.4) is 0 Å². The standard InChI is InChI=1S/C25H28F3N3OS/c26-25(27,28)19-3-1-18(2-4-19)22(32)29-13-21-14-33-23(31(21)20-5-6-20)30-24-10-15-7-16(11-24)9-17(8-15)12-24/h1-4,14-17,20H,5-13H2,(H,29,32). The van der Waals surface area contributed by atoms with Gasteiger partial charge < -0.3 is 9.88 Å². The lowest BCUT2D eigenvalue weighted by atomic mass is 9.53. The topological polar surface area (TPSA) is 46.4 Å². The maximum absolute atomic E-state index is 12.8. The van der Waals surface area contributed by atoms with Gasteiger partial charge in [-0.05, 0) is 93.4 Å². The van der Waals surface area contributed by atoms with Crippen LogP contribution >= 0.6 is 11.3 Å². The SMILES string of the molecule is O=C(NCc1csc(=NC23CC4CC(CC(C4)C2)C3)n1C1CC1)c1ccc(C(F)(F)F)cc1. The zero-order chi connectivity index (χ0) is 22.8. The first-order valence-electron chi connectivity index (χ1n) is 12.0. The van der Waals surface area contributed by atoms with Crippen LogP contribution in [0.1, 0.15) is 79.0 Å². The third-order valence-corrected chi connectivity index (χ3v) is 8.86. The van der Waals surface area contributed by atoms with E-state index in [0.29, 0.717) is 12.6 Å². The third-order valence-electron chi connectivity index (χ3n) is 7.97. The number of carbonyl (C=O) groups excluding carboxylic acids is 1. The summed E-state index contributed by atoms with van der Waals surface area (Å²) in [6.07, 6.45) is 5.70. The average Bonchev–Trinajstić information content (AvgIpc) is 3.51. The van der Waals surface area contributed by atoms with Crippen molar-refractivity contribution in [1.29, 1.82) is 0 Å². The second-order valence-electron chi connectivity index (χ2n) is 10.6. The van der Waals surface area contributed by atoms with Gasteiger partial charge in [0.05, 0.1) is 17.6 Å². The number of benzene rings is 1. The molecule has 8 heteroatoms. The summed E-state index contributed by atoms with van der Waals surface area (Å²) in [6, 6.07) is 4.81. The zero-order valence-corrected chi connectivity index (χ0v) is 19.2. The average molecular weight is 476 g/mol. The Morgan fingerprint density at radius 1 is 1.06 bits per heavy atom. The van der Waals surface area contributed by atoms with E-state index in [1.54, 1.807) is 11.3 Å². The van der Waals surface area contributed by atoms with E-state index >= 15 is 0 Å². The number of hydrogen-bond acceptors (Lipinski definition) is 3. The summed E-state index contributed by atoms with van der Waals surface area (Å²) in [4.78, 5) is 19.1. The molecule has 1 aromatic carbocycles. The van der Waals surface area contributed by atoms with E-state index in [1.165, 1.54) is 50.7 Å². The molecule has 4 nitrogen and oxygen atoms in total. The summed E-state index contributed by atoms with van der Waals surface area (Å²) in [6.45, 7) is 0.350. The lowest BCUT2D eigenvalue weighted by Crippen LogP contribution is -2.50. The maximum Gasteiger partial charge on any atom is 0.416 e. The Balaban J connectivity index is 1.21. The van der Waals surface area contributed by atoms with E-state index in [1.807, 2.05) is 0 Å². The molecular formula is C25H28F3N3OS. The molecule has 1 amide bonds. The summed E-state index contributed by atoms with van der Waals surface area (Å²) < 4.78 is 40.6. The third kappa shape index (κ3) is 4.15. The molecule has 7 rings (SSSR count). The Kier molecular flexibility index (Phi) is 5.02. The Labute approximate surface area is 194 Å². The molecule has 0 unspecified atom stereocenters.